The largest absolute Gasteiger partial charge is 0.507 e. The lowest BCUT2D eigenvalue weighted by atomic mass is 9.92. The van der Waals surface area contributed by atoms with Crippen LogP contribution in [-0.2, 0) is 9.59 Å². The third kappa shape index (κ3) is 4.27. The van der Waals surface area contributed by atoms with E-state index in [0.29, 0.717) is 22.7 Å². The summed E-state index contributed by atoms with van der Waals surface area (Å²) >= 11 is 0. The van der Waals surface area contributed by atoms with E-state index in [1.807, 2.05) is 45.0 Å². The summed E-state index contributed by atoms with van der Waals surface area (Å²) in [7, 11) is 1.56. The van der Waals surface area contributed by atoms with Crippen molar-refractivity contribution in [3.63, 3.8) is 0 Å². The van der Waals surface area contributed by atoms with Gasteiger partial charge >= 0.3 is 0 Å². The highest BCUT2D eigenvalue weighted by molar-refractivity contribution is 6.51. The number of methoxy groups -OCH3 is 1. The van der Waals surface area contributed by atoms with Gasteiger partial charge in [-0.1, -0.05) is 36.4 Å². The number of amides is 1. The van der Waals surface area contributed by atoms with Crippen molar-refractivity contribution in [1.29, 1.82) is 0 Å². The maximum atomic E-state index is 13.3. The van der Waals surface area contributed by atoms with Crippen LogP contribution in [0.3, 0.4) is 0 Å². The fourth-order valence-electron chi connectivity index (χ4n) is 4.17. The van der Waals surface area contributed by atoms with Gasteiger partial charge in [-0.05, 0) is 68.3 Å². The number of aliphatic hydroxyl groups excluding tert-OH is 1. The van der Waals surface area contributed by atoms with Gasteiger partial charge in [-0.3, -0.25) is 14.5 Å². The highest BCUT2D eigenvalue weighted by atomic mass is 16.5. The number of ether oxygens (including phenoxy) is 2. The molecule has 1 fully saturated rings. The minimum atomic E-state index is -0.788. The third-order valence-corrected chi connectivity index (χ3v) is 5.76. The normalized spacial score (nSPS) is 17.3. The molecule has 0 spiro atoms. The van der Waals surface area contributed by atoms with Gasteiger partial charge in [-0.2, -0.15) is 0 Å². The molecular formula is C28H27NO5. The fraction of sp³-hybridized carbons (Fsp3) is 0.214. The predicted molar refractivity (Wildman–Crippen MR) is 131 cm³/mol. The summed E-state index contributed by atoms with van der Waals surface area (Å²) in [6, 6.07) is 20.6. The predicted octanol–water partition coefficient (Wildman–Crippen LogP) is 5.42. The minimum absolute atomic E-state index is 0.0387. The molecule has 0 aromatic heterocycles. The third-order valence-electron chi connectivity index (χ3n) is 5.76. The van der Waals surface area contributed by atoms with E-state index in [9.17, 15) is 14.7 Å². The van der Waals surface area contributed by atoms with Crippen LogP contribution in [0, 0.1) is 6.92 Å². The molecular weight excluding hydrogens is 430 g/mol. The van der Waals surface area contributed by atoms with E-state index in [-0.39, 0.29) is 17.4 Å². The van der Waals surface area contributed by atoms with Gasteiger partial charge in [-0.15, -0.1) is 0 Å². The molecule has 1 aliphatic rings. The van der Waals surface area contributed by atoms with Gasteiger partial charge in [0.15, 0.2) is 0 Å². The summed E-state index contributed by atoms with van der Waals surface area (Å²) in [5.41, 5.74) is 2.64. The van der Waals surface area contributed by atoms with Crippen molar-refractivity contribution < 1.29 is 24.2 Å². The number of benzene rings is 3. The van der Waals surface area contributed by atoms with E-state index < -0.39 is 17.7 Å². The summed E-state index contributed by atoms with van der Waals surface area (Å²) in [4.78, 5) is 28.0. The van der Waals surface area contributed by atoms with E-state index in [1.54, 1.807) is 55.6 Å². The molecule has 1 N–H and O–H groups in total. The van der Waals surface area contributed by atoms with Crippen molar-refractivity contribution in [1.82, 2.24) is 0 Å². The zero-order chi connectivity index (χ0) is 24.4. The molecule has 1 unspecified atom stereocenters. The molecule has 3 aromatic carbocycles. The molecule has 0 saturated carbocycles. The van der Waals surface area contributed by atoms with Gasteiger partial charge < -0.3 is 14.6 Å². The van der Waals surface area contributed by atoms with E-state index in [1.165, 1.54) is 4.90 Å². The van der Waals surface area contributed by atoms with E-state index >= 15 is 0 Å². The molecule has 0 bridgehead atoms. The lowest BCUT2D eigenvalue weighted by molar-refractivity contribution is -0.132. The number of aliphatic hydroxyl groups is 1. The Labute approximate surface area is 199 Å². The maximum Gasteiger partial charge on any atom is 0.300 e. The number of rotatable bonds is 6. The average Bonchev–Trinajstić information content (AvgIpc) is 3.09. The number of Topliss-reactive ketones (excluding diaryl/α,β-unsaturated/α-hetero) is 1. The van der Waals surface area contributed by atoms with E-state index in [0.717, 1.165) is 11.1 Å². The average molecular weight is 458 g/mol. The molecule has 1 aliphatic heterocycles. The molecule has 1 heterocycles. The molecule has 34 heavy (non-hydrogen) atoms. The summed E-state index contributed by atoms with van der Waals surface area (Å²) in [5.74, 6) is -0.478. The zero-order valence-electron chi connectivity index (χ0n) is 19.6. The molecule has 0 radical (unpaired) electrons. The topological polar surface area (TPSA) is 76.1 Å². The molecule has 3 aromatic rings. The number of hydrogen-bond acceptors (Lipinski definition) is 5. The van der Waals surface area contributed by atoms with Gasteiger partial charge in [0.05, 0.1) is 24.8 Å². The first-order valence-electron chi connectivity index (χ1n) is 11.1. The second kappa shape index (κ2) is 9.43. The van der Waals surface area contributed by atoms with Crippen LogP contribution in [0.15, 0.2) is 78.4 Å². The van der Waals surface area contributed by atoms with E-state index in [4.69, 9.17) is 9.47 Å². The summed E-state index contributed by atoms with van der Waals surface area (Å²) in [5, 5.41) is 11.3. The molecule has 1 saturated heterocycles. The number of aryl methyl sites for hydroxylation is 1. The van der Waals surface area contributed by atoms with Crippen molar-refractivity contribution in [3.05, 3.63) is 95.1 Å². The number of nitrogens with zero attached hydrogens (tertiary/aromatic N) is 1. The Kier molecular flexibility index (Phi) is 6.41. The van der Waals surface area contributed by atoms with Crippen LogP contribution in [-0.4, -0.2) is 30.0 Å². The van der Waals surface area contributed by atoms with Gasteiger partial charge in [0.1, 0.15) is 17.3 Å². The van der Waals surface area contributed by atoms with Crippen molar-refractivity contribution in [2.45, 2.75) is 32.9 Å². The van der Waals surface area contributed by atoms with E-state index in [2.05, 4.69) is 0 Å². The van der Waals surface area contributed by atoms with Gasteiger partial charge in [0.25, 0.3) is 11.7 Å². The Morgan fingerprint density at radius 3 is 2.29 bits per heavy atom. The number of hydrogen-bond donors (Lipinski definition) is 1. The smallest absolute Gasteiger partial charge is 0.300 e. The van der Waals surface area contributed by atoms with Crippen LogP contribution in [0.1, 0.15) is 36.6 Å². The lowest BCUT2D eigenvalue weighted by Gasteiger charge is -2.26. The highest BCUT2D eigenvalue weighted by Gasteiger charge is 2.47. The lowest BCUT2D eigenvalue weighted by Crippen LogP contribution is -2.29. The Balaban J connectivity index is 1.91. The highest BCUT2D eigenvalue weighted by Crippen LogP contribution is 2.43. The monoisotopic (exact) mass is 457 g/mol. The Bertz CT molecular complexity index is 1260. The second-order valence-corrected chi connectivity index (χ2v) is 8.42. The quantitative estimate of drug-likeness (QED) is 0.304. The van der Waals surface area contributed by atoms with Crippen molar-refractivity contribution >= 4 is 23.1 Å². The first-order valence-corrected chi connectivity index (χ1v) is 11.1. The minimum Gasteiger partial charge on any atom is -0.507 e. The molecule has 1 atom stereocenters. The van der Waals surface area contributed by atoms with Crippen LogP contribution in [0.5, 0.6) is 11.5 Å². The summed E-state index contributed by atoms with van der Waals surface area (Å²) < 4.78 is 11.0. The molecule has 0 aliphatic carbocycles. The van der Waals surface area contributed by atoms with Crippen molar-refractivity contribution in [3.8, 4) is 11.5 Å². The Hall–Kier alpha value is -4.06. The van der Waals surface area contributed by atoms with Crippen LogP contribution < -0.4 is 14.4 Å². The molecule has 4 rings (SSSR count). The van der Waals surface area contributed by atoms with Crippen LogP contribution >= 0.6 is 0 Å². The molecule has 1 amide bonds. The van der Waals surface area contributed by atoms with Crippen molar-refractivity contribution in [2.75, 3.05) is 12.0 Å². The van der Waals surface area contributed by atoms with Gasteiger partial charge in [0, 0.05) is 11.3 Å². The van der Waals surface area contributed by atoms with Crippen LogP contribution in [0.4, 0.5) is 5.69 Å². The number of carbonyl (C=O) groups excluding carboxylic acids is 2. The first kappa shape index (κ1) is 23.1. The first-order chi connectivity index (χ1) is 16.3. The maximum absolute atomic E-state index is 13.3. The molecule has 174 valence electrons. The van der Waals surface area contributed by atoms with Gasteiger partial charge in [0.2, 0.25) is 0 Å². The second-order valence-electron chi connectivity index (χ2n) is 8.42. The SMILES string of the molecule is COc1ccc(N2C(=O)C(=O)/C(=C(/O)c3cccc(OC(C)C)c3)C2c2ccccc2C)cc1. The number of carbonyl (C=O) groups is 2. The molecule has 6 nitrogen and oxygen atoms in total. The Morgan fingerprint density at radius 2 is 1.65 bits per heavy atom. The molecule has 6 heteroatoms. The fourth-order valence-corrected chi connectivity index (χ4v) is 4.17. The summed E-state index contributed by atoms with van der Waals surface area (Å²) in [6.45, 7) is 5.73. The standard InChI is InChI=1S/C28H27NO5/c1-17(2)34-22-10-7-9-19(16-22)26(30)24-25(23-11-6-5-8-18(23)3)29(28(32)27(24)31)20-12-14-21(33-4)15-13-20/h5-17,25,30H,1-4H3/b26-24+. The zero-order valence-corrected chi connectivity index (χ0v) is 19.6. The summed E-state index contributed by atoms with van der Waals surface area (Å²) in [6.07, 6.45) is -0.0509. The number of anilines is 1. The van der Waals surface area contributed by atoms with Crippen LogP contribution in [0.2, 0.25) is 0 Å². The van der Waals surface area contributed by atoms with Crippen molar-refractivity contribution in [2.24, 2.45) is 0 Å². The van der Waals surface area contributed by atoms with Crippen LogP contribution in [0.25, 0.3) is 5.76 Å². The van der Waals surface area contributed by atoms with Gasteiger partial charge in [-0.25, -0.2) is 0 Å². The Morgan fingerprint density at radius 1 is 0.941 bits per heavy atom. The number of ketones is 1.